The van der Waals surface area contributed by atoms with Crippen molar-refractivity contribution in [3.05, 3.63) is 28.4 Å². The first-order valence-corrected chi connectivity index (χ1v) is 8.45. The third kappa shape index (κ3) is 2.65. The van der Waals surface area contributed by atoms with E-state index in [9.17, 15) is 4.79 Å². The second kappa shape index (κ2) is 5.23. The first-order valence-electron chi connectivity index (χ1n) is 7.26. The summed E-state index contributed by atoms with van der Waals surface area (Å²) in [6.45, 7) is 3.34. The molecule has 6 heteroatoms. The molecule has 110 valence electrons. The number of fused-ring (bicyclic) bond motifs is 3. The highest BCUT2D eigenvalue weighted by Gasteiger charge is 2.33. The van der Waals surface area contributed by atoms with Gasteiger partial charge in [0.15, 0.2) is 0 Å². The molecule has 2 aliphatic rings. The number of nitrogens with zero attached hydrogens (tertiary/aromatic N) is 2. The molecule has 2 aromatic rings. The summed E-state index contributed by atoms with van der Waals surface area (Å²) in [5, 5.41) is 4.13. The Morgan fingerprint density at radius 2 is 2.33 bits per heavy atom. The number of halogens is 1. The van der Waals surface area contributed by atoms with Crippen LogP contribution in [0.4, 0.5) is 0 Å². The van der Waals surface area contributed by atoms with E-state index in [1.165, 1.54) is 30.8 Å². The van der Waals surface area contributed by atoms with E-state index in [0.717, 1.165) is 33.3 Å². The maximum Gasteiger partial charge on any atom is 0.270 e. The molecule has 1 amide bonds. The Hall–Kier alpha value is -1.17. The highest BCUT2D eigenvalue weighted by atomic mass is 35.5. The minimum absolute atomic E-state index is 0.0751. The highest BCUT2D eigenvalue weighted by Crippen LogP contribution is 2.29. The average molecular weight is 322 g/mol. The summed E-state index contributed by atoms with van der Waals surface area (Å²) in [6, 6.07) is 3.96. The Morgan fingerprint density at radius 1 is 1.43 bits per heavy atom. The zero-order valence-corrected chi connectivity index (χ0v) is 13.1. The highest BCUT2D eigenvalue weighted by molar-refractivity contribution is 7.22. The van der Waals surface area contributed by atoms with Gasteiger partial charge in [0.2, 0.25) is 0 Å². The van der Waals surface area contributed by atoms with Crippen LogP contribution < -0.4 is 5.32 Å². The molecule has 2 fully saturated rings. The first-order chi connectivity index (χ1) is 10.2. The van der Waals surface area contributed by atoms with E-state index in [1.807, 2.05) is 12.1 Å². The molecule has 3 atom stereocenters. The topological polar surface area (TPSA) is 45.2 Å². The Balaban J connectivity index is 1.50. The summed E-state index contributed by atoms with van der Waals surface area (Å²) >= 11 is 7.47. The van der Waals surface area contributed by atoms with Crippen LogP contribution in [0.5, 0.6) is 0 Å². The molecule has 2 saturated heterocycles. The minimum atomic E-state index is -0.0751. The SMILES string of the molecule is O=C(N[C@@H]1C[C@H]2CCN(C2)C1)c1cc2sc(Cl)cc2cn1. The summed E-state index contributed by atoms with van der Waals surface area (Å²) < 4.78 is 1.73. The van der Waals surface area contributed by atoms with Crippen LogP contribution in [0, 0.1) is 5.92 Å². The molecule has 0 spiro atoms. The van der Waals surface area contributed by atoms with Gasteiger partial charge >= 0.3 is 0 Å². The summed E-state index contributed by atoms with van der Waals surface area (Å²) in [4.78, 5) is 19.1. The van der Waals surface area contributed by atoms with E-state index in [1.54, 1.807) is 6.20 Å². The number of amides is 1. The van der Waals surface area contributed by atoms with Crippen molar-refractivity contribution in [3.63, 3.8) is 0 Å². The Morgan fingerprint density at radius 3 is 3.19 bits per heavy atom. The maximum absolute atomic E-state index is 12.4. The molecule has 0 aromatic carbocycles. The summed E-state index contributed by atoms with van der Waals surface area (Å²) in [5.41, 5.74) is 0.480. The summed E-state index contributed by atoms with van der Waals surface area (Å²) in [6.07, 6.45) is 4.08. The van der Waals surface area contributed by atoms with Crippen molar-refractivity contribution < 1.29 is 4.79 Å². The van der Waals surface area contributed by atoms with Gasteiger partial charge in [0.1, 0.15) is 5.69 Å². The predicted molar refractivity (Wildman–Crippen MR) is 85.0 cm³/mol. The lowest BCUT2D eigenvalue weighted by atomic mass is 9.97. The van der Waals surface area contributed by atoms with E-state index in [4.69, 9.17) is 11.6 Å². The minimum Gasteiger partial charge on any atom is -0.347 e. The number of pyridine rings is 1. The molecule has 21 heavy (non-hydrogen) atoms. The second-order valence-electron chi connectivity index (χ2n) is 5.98. The van der Waals surface area contributed by atoms with Gasteiger partial charge < -0.3 is 10.2 Å². The van der Waals surface area contributed by atoms with Crippen LogP contribution in [0.3, 0.4) is 0 Å². The van der Waals surface area contributed by atoms with Crippen LogP contribution in [0.25, 0.3) is 10.1 Å². The van der Waals surface area contributed by atoms with Gasteiger partial charge in [0.05, 0.1) is 4.34 Å². The number of hydrogen-bond donors (Lipinski definition) is 1. The van der Waals surface area contributed by atoms with Crippen LogP contribution in [-0.2, 0) is 0 Å². The summed E-state index contributed by atoms with van der Waals surface area (Å²) in [5.74, 6) is 0.671. The number of hydrogen-bond acceptors (Lipinski definition) is 4. The van der Waals surface area contributed by atoms with Crippen LogP contribution in [0.1, 0.15) is 23.3 Å². The monoisotopic (exact) mass is 321 g/mol. The molecule has 1 unspecified atom stereocenters. The van der Waals surface area contributed by atoms with Crippen molar-refractivity contribution in [2.24, 2.45) is 5.92 Å². The van der Waals surface area contributed by atoms with Gasteiger partial charge in [-0.15, -0.1) is 11.3 Å². The number of carbonyl (C=O) groups excluding carboxylic acids is 1. The van der Waals surface area contributed by atoms with Gasteiger partial charge in [0, 0.05) is 35.4 Å². The molecule has 4 nitrogen and oxygen atoms in total. The molecule has 1 N–H and O–H groups in total. The lowest BCUT2D eigenvalue weighted by Gasteiger charge is -2.30. The lowest BCUT2D eigenvalue weighted by molar-refractivity contribution is 0.0904. The third-order valence-electron chi connectivity index (χ3n) is 4.41. The number of carbonyl (C=O) groups is 1. The molecule has 2 bridgehead atoms. The molecule has 2 aliphatic heterocycles. The van der Waals surface area contributed by atoms with Gasteiger partial charge in [-0.3, -0.25) is 9.78 Å². The van der Waals surface area contributed by atoms with Crippen molar-refractivity contribution >= 4 is 38.9 Å². The van der Waals surface area contributed by atoms with Crippen molar-refractivity contribution in [1.82, 2.24) is 15.2 Å². The molecule has 4 heterocycles. The van der Waals surface area contributed by atoms with Crippen LogP contribution in [0.2, 0.25) is 4.34 Å². The zero-order chi connectivity index (χ0) is 14.4. The lowest BCUT2D eigenvalue weighted by Crippen LogP contribution is -2.47. The normalized spacial score (nSPS) is 28.0. The van der Waals surface area contributed by atoms with E-state index >= 15 is 0 Å². The van der Waals surface area contributed by atoms with E-state index in [0.29, 0.717) is 5.69 Å². The number of piperidine rings is 1. The first kappa shape index (κ1) is 13.5. The Bertz CT molecular complexity index is 689. The van der Waals surface area contributed by atoms with Gasteiger partial charge in [-0.2, -0.15) is 0 Å². The van der Waals surface area contributed by atoms with E-state index in [-0.39, 0.29) is 11.9 Å². The number of nitrogens with one attached hydrogen (secondary N) is 1. The number of rotatable bonds is 2. The van der Waals surface area contributed by atoms with Crippen molar-refractivity contribution in [2.45, 2.75) is 18.9 Å². The Kier molecular flexibility index (Phi) is 3.36. The molecule has 2 aromatic heterocycles. The molecule has 4 rings (SSSR count). The Labute approximate surface area is 132 Å². The van der Waals surface area contributed by atoms with Gasteiger partial charge in [-0.05, 0) is 37.4 Å². The second-order valence-corrected chi connectivity index (χ2v) is 7.69. The standard InChI is InChI=1S/C15H16ClN3OS/c16-14-4-10-6-17-12(5-13(10)21-14)15(20)18-11-3-9-1-2-19(7-9)8-11/h4-6,9,11H,1-3,7-8H2,(H,18,20)/t9-,11-/m1/s1. The molecule has 0 saturated carbocycles. The van der Waals surface area contributed by atoms with Crippen LogP contribution in [-0.4, -0.2) is 41.5 Å². The predicted octanol–water partition coefficient (Wildman–Crippen LogP) is 2.77. The third-order valence-corrected chi connectivity index (χ3v) is 5.63. The zero-order valence-electron chi connectivity index (χ0n) is 11.5. The molecule has 0 radical (unpaired) electrons. The fourth-order valence-electron chi connectivity index (χ4n) is 3.45. The molecular weight excluding hydrogens is 306 g/mol. The number of thiophene rings is 1. The van der Waals surface area contributed by atoms with Crippen molar-refractivity contribution in [3.8, 4) is 0 Å². The fourth-order valence-corrected chi connectivity index (χ4v) is 4.61. The van der Waals surface area contributed by atoms with E-state index in [2.05, 4.69) is 15.2 Å². The van der Waals surface area contributed by atoms with Gasteiger partial charge in [-0.1, -0.05) is 11.6 Å². The average Bonchev–Trinajstić information content (AvgIpc) is 2.99. The largest absolute Gasteiger partial charge is 0.347 e. The maximum atomic E-state index is 12.4. The van der Waals surface area contributed by atoms with E-state index < -0.39 is 0 Å². The summed E-state index contributed by atoms with van der Waals surface area (Å²) in [7, 11) is 0. The van der Waals surface area contributed by atoms with Gasteiger partial charge in [0.25, 0.3) is 5.91 Å². The fraction of sp³-hybridized carbons (Fsp3) is 0.467. The van der Waals surface area contributed by atoms with Gasteiger partial charge in [-0.25, -0.2) is 0 Å². The van der Waals surface area contributed by atoms with Crippen LogP contribution in [0.15, 0.2) is 18.3 Å². The number of aromatic nitrogens is 1. The molecular formula is C15H16ClN3OS. The quantitative estimate of drug-likeness (QED) is 0.925. The smallest absolute Gasteiger partial charge is 0.270 e. The molecule has 0 aliphatic carbocycles. The van der Waals surface area contributed by atoms with Crippen molar-refractivity contribution in [1.29, 1.82) is 0 Å². The van der Waals surface area contributed by atoms with Crippen LogP contribution >= 0.6 is 22.9 Å². The van der Waals surface area contributed by atoms with Crippen molar-refractivity contribution in [2.75, 3.05) is 19.6 Å².